The lowest BCUT2D eigenvalue weighted by atomic mass is 9.92. The number of carbonyl (C=O) groups is 2. The number of thioether (sulfide) groups is 1. The molecular formula is C20H22N4O5S. The van der Waals surface area contributed by atoms with E-state index in [0.29, 0.717) is 40.7 Å². The summed E-state index contributed by atoms with van der Waals surface area (Å²) >= 11 is 1.38. The third kappa shape index (κ3) is 4.09. The molecule has 30 heavy (non-hydrogen) atoms. The monoisotopic (exact) mass is 430 g/mol. The van der Waals surface area contributed by atoms with Crippen LogP contribution in [0.5, 0.6) is 0 Å². The van der Waals surface area contributed by atoms with Crippen LogP contribution in [0.1, 0.15) is 38.3 Å². The fourth-order valence-electron chi connectivity index (χ4n) is 3.43. The fourth-order valence-corrected chi connectivity index (χ4v) is 4.37. The lowest BCUT2D eigenvalue weighted by molar-refractivity contribution is -0.384. The number of amides is 1. The van der Waals surface area contributed by atoms with Gasteiger partial charge in [-0.05, 0) is 36.4 Å². The largest absolute Gasteiger partial charge is 0.466 e. The van der Waals surface area contributed by atoms with E-state index in [9.17, 15) is 19.7 Å². The van der Waals surface area contributed by atoms with E-state index in [1.807, 2.05) is 24.2 Å². The minimum Gasteiger partial charge on any atom is -0.466 e. The molecule has 158 valence electrons. The highest BCUT2D eigenvalue weighted by Crippen LogP contribution is 2.45. The lowest BCUT2D eigenvalue weighted by Crippen LogP contribution is -2.38. The highest BCUT2D eigenvalue weighted by molar-refractivity contribution is 8.16. The molecule has 0 spiro atoms. The van der Waals surface area contributed by atoms with Gasteiger partial charge in [0, 0.05) is 24.4 Å². The maximum Gasteiger partial charge on any atom is 0.338 e. The molecule has 0 aliphatic carbocycles. The van der Waals surface area contributed by atoms with Crippen molar-refractivity contribution in [3.8, 4) is 0 Å². The van der Waals surface area contributed by atoms with Crippen molar-refractivity contribution >= 4 is 34.5 Å². The summed E-state index contributed by atoms with van der Waals surface area (Å²) in [6.07, 6.45) is 0.636. The summed E-state index contributed by atoms with van der Waals surface area (Å²) in [6, 6.07) is 5.44. The predicted octanol–water partition coefficient (Wildman–Crippen LogP) is 3.26. The number of esters is 1. The number of hydrogen-bond donors (Lipinski definition) is 1. The number of benzene rings is 1. The Morgan fingerprint density at radius 2 is 2.00 bits per heavy atom. The topological polar surface area (TPSA) is 114 Å². The number of nitrogens with one attached hydrogen (secondary N) is 1. The minimum atomic E-state index is -0.601. The number of allylic oxidation sites excluding steroid dienone is 1. The highest BCUT2D eigenvalue weighted by atomic mass is 32.2. The molecule has 0 aromatic heterocycles. The van der Waals surface area contributed by atoms with Crippen LogP contribution in [0, 0.1) is 10.1 Å². The molecule has 1 aromatic rings. The average molecular weight is 430 g/mol. The SMILES string of the molecule is CCNC(=O)CC1=CSC2=NC(CC)=C(C(=O)OC)C(c3ccc([N+](=O)[O-])cc3)N12. The Labute approximate surface area is 178 Å². The van der Waals surface area contributed by atoms with Gasteiger partial charge < -0.3 is 15.0 Å². The minimum absolute atomic E-state index is 0.0448. The molecule has 0 bridgehead atoms. The number of fused-ring (bicyclic) bond motifs is 1. The number of aliphatic imine (C=N–C) groups is 1. The van der Waals surface area contributed by atoms with Gasteiger partial charge in [-0.2, -0.15) is 0 Å². The number of hydrogen-bond acceptors (Lipinski definition) is 8. The first kappa shape index (κ1) is 21.6. The van der Waals surface area contributed by atoms with E-state index < -0.39 is 16.9 Å². The molecule has 9 nitrogen and oxygen atoms in total. The Balaban J connectivity index is 2.10. The van der Waals surface area contributed by atoms with Crippen LogP contribution in [-0.2, 0) is 14.3 Å². The van der Waals surface area contributed by atoms with Crippen LogP contribution in [0.3, 0.4) is 0 Å². The Bertz CT molecular complexity index is 968. The number of ether oxygens (including phenoxy) is 1. The third-order valence-electron chi connectivity index (χ3n) is 4.76. The summed E-state index contributed by atoms with van der Waals surface area (Å²) in [6.45, 7) is 4.25. The number of nitro benzene ring substituents is 1. The van der Waals surface area contributed by atoms with Gasteiger partial charge in [-0.3, -0.25) is 14.9 Å². The summed E-state index contributed by atoms with van der Waals surface area (Å²) in [5.74, 6) is -0.662. The third-order valence-corrected chi connectivity index (χ3v) is 5.65. The second-order valence-electron chi connectivity index (χ2n) is 6.58. The maximum absolute atomic E-state index is 12.7. The summed E-state index contributed by atoms with van der Waals surface area (Å²) < 4.78 is 5.03. The average Bonchev–Trinajstić information content (AvgIpc) is 3.14. The second kappa shape index (κ2) is 9.12. The molecule has 2 heterocycles. The van der Waals surface area contributed by atoms with Crippen LogP contribution < -0.4 is 5.32 Å². The van der Waals surface area contributed by atoms with Gasteiger partial charge in [0.25, 0.3) is 5.69 Å². The quantitative estimate of drug-likeness (QED) is 0.401. The van der Waals surface area contributed by atoms with Crippen LogP contribution in [0.4, 0.5) is 5.69 Å². The van der Waals surface area contributed by atoms with Crippen LogP contribution in [0.2, 0.25) is 0 Å². The molecule has 1 amide bonds. The molecule has 2 aliphatic rings. The van der Waals surface area contributed by atoms with E-state index >= 15 is 0 Å². The second-order valence-corrected chi connectivity index (χ2v) is 7.41. The number of non-ortho nitro benzene ring substituents is 1. The van der Waals surface area contributed by atoms with Crippen molar-refractivity contribution in [1.82, 2.24) is 10.2 Å². The summed E-state index contributed by atoms with van der Waals surface area (Å²) in [7, 11) is 1.30. The first-order valence-corrected chi connectivity index (χ1v) is 10.3. The Morgan fingerprint density at radius 1 is 1.30 bits per heavy atom. The molecule has 0 radical (unpaired) electrons. The summed E-state index contributed by atoms with van der Waals surface area (Å²) in [5, 5.41) is 16.3. The van der Waals surface area contributed by atoms with Gasteiger partial charge in [0.05, 0.1) is 35.8 Å². The standard InChI is InChI=1S/C20H22N4O5S/c1-4-15-17(19(26)29-3)18(12-6-8-13(9-7-12)24(27)28)23-14(10-16(25)21-5-2)11-30-20(23)22-15/h6-9,11,18H,4-5,10H2,1-3H3,(H,21,25). The van der Waals surface area contributed by atoms with Gasteiger partial charge in [-0.25, -0.2) is 9.79 Å². The number of rotatable bonds is 7. The molecule has 3 rings (SSSR count). The first-order chi connectivity index (χ1) is 14.4. The van der Waals surface area contributed by atoms with E-state index in [1.54, 1.807) is 12.1 Å². The van der Waals surface area contributed by atoms with Gasteiger partial charge in [0.15, 0.2) is 5.17 Å². The van der Waals surface area contributed by atoms with Crippen molar-refractivity contribution in [2.75, 3.05) is 13.7 Å². The highest BCUT2D eigenvalue weighted by Gasteiger charge is 2.41. The van der Waals surface area contributed by atoms with Crippen LogP contribution >= 0.6 is 11.8 Å². The maximum atomic E-state index is 12.7. The number of amidine groups is 1. The van der Waals surface area contributed by atoms with E-state index in [4.69, 9.17) is 4.74 Å². The fraction of sp³-hybridized carbons (Fsp3) is 0.350. The number of nitro groups is 1. The van der Waals surface area contributed by atoms with Crippen LogP contribution in [-0.4, -0.2) is 40.5 Å². The number of methoxy groups -OCH3 is 1. The number of nitrogens with zero attached hydrogens (tertiary/aromatic N) is 3. The zero-order valence-electron chi connectivity index (χ0n) is 16.9. The predicted molar refractivity (Wildman–Crippen MR) is 113 cm³/mol. The Morgan fingerprint density at radius 3 is 2.57 bits per heavy atom. The van der Waals surface area contributed by atoms with Crippen molar-refractivity contribution in [1.29, 1.82) is 0 Å². The first-order valence-electron chi connectivity index (χ1n) is 9.47. The normalized spacial score (nSPS) is 17.8. The van der Waals surface area contributed by atoms with Crippen LogP contribution in [0.15, 0.2) is 51.6 Å². The summed E-state index contributed by atoms with van der Waals surface area (Å²) in [4.78, 5) is 42.0. The van der Waals surface area contributed by atoms with Crippen molar-refractivity contribution in [3.05, 3.63) is 62.3 Å². The summed E-state index contributed by atoms with van der Waals surface area (Å²) in [5.41, 5.74) is 2.28. The molecular weight excluding hydrogens is 408 g/mol. The lowest BCUT2D eigenvalue weighted by Gasteiger charge is -2.36. The smallest absolute Gasteiger partial charge is 0.338 e. The molecule has 0 fully saturated rings. The van der Waals surface area contributed by atoms with E-state index in [1.165, 1.54) is 31.0 Å². The van der Waals surface area contributed by atoms with Gasteiger partial charge in [0.1, 0.15) is 0 Å². The Kier molecular flexibility index (Phi) is 6.56. The molecule has 1 aromatic carbocycles. The van der Waals surface area contributed by atoms with Crippen molar-refractivity contribution in [2.24, 2.45) is 4.99 Å². The molecule has 1 unspecified atom stereocenters. The van der Waals surface area contributed by atoms with Gasteiger partial charge in [0.2, 0.25) is 5.91 Å². The molecule has 10 heteroatoms. The molecule has 0 saturated heterocycles. The molecule has 1 atom stereocenters. The zero-order valence-corrected chi connectivity index (χ0v) is 17.7. The van der Waals surface area contributed by atoms with E-state index in [0.717, 1.165) is 0 Å². The zero-order chi connectivity index (χ0) is 21.8. The van der Waals surface area contributed by atoms with Gasteiger partial charge in [-0.1, -0.05) is 18.7 Å². The van der Waals surface area contributed by atoms with Gasteiger partial charge in [-0.15, -0.1) is 0 Å². The Hall–Kier alpha value is -3.14. The van der Waals surface area contributed by atoms with Gasteiger partial charge >= 0.3 is 5.97 Å². The van der Waals surface area contributed by atoms with Crippen molar-refractivity contribution in [2.45, 2.75) is 32.7 Å². The number of carbonyl (C=O) groups excluding carboxylic acids is 2. The van der Waals surface area contributed by atoms with E-state index in [-0.39, 0.29) is 18.0 Å². The molecule has 2 aliphatic heterocycles. The van der Waals surface area contributed by atoms with Crippen LogP contribution in [0.25, 0.3) is 0 Å². The van der Waals surface area contributed by atoms with Crippen molar-refractivity contribution in [3.63, 3.8) is 0 Å². The van der Waals surface area contributed by atoms with Crippen molar-refractivity contribution < 1.29 is 19.2 Å². The van der Waals surface area contributed by atoms with E-state index in [2.05, 4.69) is 10.3 Å². The molecule has 0 saturated carbocycles. The molecule has 1 N–H and O–H groups in total.